The Balaban J connectivity index is 2.15. The molecule has 0 aromatic rings. The molecule has 0 radical (unpaired) electrons. The SMILES string of the molecule is O=C1O[C@H]2C[C@@H]1CC[C@@H]2I. The zero-order valence-corrected chi connectivity index (χ0v) is 7.71. The van der Waals surface area contributed by atoms with Gasteiger partial charge in [-0.1, -0.05) is 22.6 Å². The fourth-order valence-corrected chi connectivity index (χ4v) is 2.47. The van der Waals surface area contributed by atoms with E-state index in [0.29, 0.717) is 3.92 Å². The van der Waals surface area contributed by atoms with Gasteiger partial charge in [-0.2, -0.15) is 0 Å². The van der Waals surface area contributed by atoms with Crippen LogP contribution in [0.4, 0.5) is 0 Å². The van der Waals surface area contributed by atoms with E-state index in [2.05, 4.69) is 22.6 Å². The van der Waals surface area contributed by atoms with Crippen molar-refractivity contribution in [3.8, 4) is 0 Å². The van der Waals surface area contributed by atoms with Crippen LogP contribution in [0.5, 0.6) is 0 Å². The standard InChI is InChI=1S/C7H9IO2/c8-5-2-1-4-3-6(5)10-7(4)9/h4-6H,1-3H2/t4-,5-,6-/m0/s1. The highest BCUT2D eigenvalue weighted by molar-refractivity contribution is 14.1. The maximum atomic E-state index is 11.0. The Morgan fingerprint density at radius 2 is 2.30 bits per heavy atom. The molecular formula is C7H9IO2. The summed E-state index contributed by atoms with van der Waals surface area (Å²) in [5.41, 5.74) is 0. The van der Waals surface area contributed by atoms with Gasteiger partial charge >= 0.3 is 5.97 Å². The van der Waals surface area contributed by atoms with Crippen molar-refractivity contribution in [2.75, 3.05) is 0 Å². The summed E-state index contributed by atoms with van der Waals surface area (Å²) >= 11 is 2.38. The fraction of sp³-hybridized carbons (Fsp3) is 0.857. The van der Waals surface area contributed by atoms with Crippen molar-refractivity contribution < 1.29 is 9.53 Å². The third-order valence-electron chi connectivity index (χ3n) is 2.31. The van der Waals surface area contributed by atoms with E-state index in [1.165, 1.54) is 0 Å². The Kier molecular flexibility index (Phi) is 1.62. The van der Waals surface area contributed by atoms with Gasteiger partial charge in [0.2, 0.25) is 0 Å². The first kappa shape index (κ1) is 6.88. The minimum atomic E-state index is 0.0455. The molecule has 2 bridgehead atoms. The molecule has 1 aliphatic carbocycles. The Bertz CT molecular complexity index is 169. The van der Waals surface area contributed by atoms with Gasteiger partial charge in [0.05, 0.1) is 5.92 Å². The normalized spacial score (nSPS) is 45.3. The van der Waals surface area contributed by atoms with Crippen LogP contribution in [0.2, 0.25) is 0 Å². The zero-order chi connectivity index (χ0) is 7.14. The lowest BCUT2D eigenvalue weighted by Crippen LogP contribution is -2.22. The molecule has 2 rings (SSSR count). The maximum Gasteiger partial charge on any atom is 0.309 e. The van der Waals surface area contributed by atoms with Crippen LogP contribution in [-0.4, -0.2) is 16.0 Å². The monoisotopic (exact) mass is 252 g/mol. The van der Waals surface area contributed by atoms with Crippen LogP contribution >= 0.6 is 22.6 Å². The van der Waals surface area contributed by atoms with Gasteiger partial charge < -0.3 is 4.74 Å². The minimum Gasteiger partial charge on any atom is -0.461 e. The second-order valence-electron chi connectivity index (χ2n) is 3.00. The van der Waals surface area contributed by atoms with Crippen molar-refractivity contribution in [2.45, 2.75) is 29.3 Å². The minimum absolute atomic E-state index is 0.0455. The predicted octanol–water partition coefficient (Wildman–Crippen LogP) is 1.52. The van der Waals surface area contributed by atoms with E-state index >= 15 is 0 Å². The van der Waals surface area contributed by atoms with Gasteiger partial charge in [0, 0.05) is 3.92 Å². The van der Waals surface area contributed by atoms with Gasteiger partial charge in [-0.3, -0.25) is 4.79 Å². The first-order chi connectivity index (χ1) is 4.77. The van der Waals surface area contributed by atoms with Crippen LogP contribution in [0.25, 0.3) is 0 Å². The highest BCUT2D eigenvalue weighted by Crippen LogP contribution is 2.37. The summed E-state index contributed by atoms with van der Waals surface area (Å²) in [5.74, 6) is 0.292. The number of carbonyl (C=O) groups excluding carboxylic acids is 1. The summed E-state index contributed by atoms with van der Waals surface area (Å²) in [6.07, 6.45) is 3.42. The molecule has 56 valence electrons. The van der Waals surface area contributed by atoms with Crippen LogP contribution in [-0.2, 0) is 9.53 Å². The van der Waals surface area contributed by atoms with Crippen LogP contribution < -0.4 is 0 Å². The summed E-state index contributed by atoms with van der Waals surface area (Å²) < 4.78 is 5.72. The number of ether oxygens (including phenoxy) is 1. The fourth-order valence-electron chi connectivity index (χ4n) is 1.67. The summed E-state index contributed by atoms with van der Waals surface area (Å²) in [7, 11) is 0. The second kappa shape index (κ2) is 2.36. The highest BCUT2D eigenvalue weighted by atomic mass is 127. The van der Waals surface area contributed by atoms with E-state index < -0.39 is 0 Å². The van der Waals surface area contributed by atoms with Crippen molar-refractivity contribution in [1.82, 2.24) is 0 Å². The van der Waals surface area contributed by atoms with Crippen molar-refractivity contribution in [2.24, 2.45) is 5.92 Å². The summed E-state index contributed by atoms with van der Waals surface area (Å²) in [5, 5.41) is 0. The molecule has 3 atom stereocenters. The lowest BCUT2D eigenvalue weighted by Gasteiger charge is -2.19. The predicted molar refractivity (Wildman–Crippen MR) is 45.0 cm³/mol. The Labute approximate surface area is 73.5 Å². The molecule has 0 unspecified atom stereocenters. The van der Waals surface area contributed by atoms with E-state index in [1.54, 1.807) is 0 Å². The Morgan fingerprint density at radius 1 is 1.50 bits per heavy atom. The van der Waals surface area contributed by atoms with Gasteiger partial charge in [0.25, 0.3) is 0 Å². The lowest BCUT2D eigenvalue weighted by molar-refractivity contribution is -0.143. The van der Waals surface area contributed by atoms with Crippen LogP contribution in [0.1, 0.15) is 19.3 Å². The quantitative estimate of drug-likeness (QED) is 0.371. The number of fused-ring (bicyclic) bond motifs is 2. The number of alkyl halides is 1. The topological polar surface area (TPSA) is 26.3 Å². The number of carbonyl (C=O) groups is 1. The number of rotatable bonds is 0. The average molecular weight is 252 g/mol. The molecule has 0 N–H and O–H groups in total. The molecule has 2 nitrogen and oxygen atoms in total. The molecule has 0 aromatic carbocycles. The smallest absolute Gasteiger partial charge is 0.309 e. The summed E-state index contributed by atoms with van der Waals surface area (Å²) in [6, 6.07) is 0. The first-order valence-electron chi connectivity index (χ1n) is 3.62. The molecular weight excluding hydrogens is 243 g/mol. The Morgan fingerprint density at radius 3 is 3.00 bits per heavy atom. The van der Waals surface area contributed by atoms with Gasteiger partial charge in [0.15, 0.2) is 0 Å². The van der Waals surface area contributed by atoms with E-state index in [0.717, 1.165) is 19.3 Å². The first-order valence-corrected chi connectivity index (χ1v) is 4.86. The third kappa shape index (κ3) is 0.946. The third-order valence-corrected chi connectivity index (χ3v) is 3.74. The number of esters is 1. The molecule has 10 heavy (non-hydrogen) atoms. The molecule has 1 saturated heterocycles. The molecule has 3 heteroatoms. The van der Waals surface area contributed by atoms with Crippen molar-refractivity contribution >= 4 is 28.6 Å². The van der Waals surface area contributed by atoms with Crippen LogP contribution in [0, 0.1) is 5.92 Å². The van der Waals surface area contributed by atoms with E-state index in [9.17, 15) is 4.79 Å². The Hall–Kier alpha value is 0.200. The average Bonchev–Trinajstić information content (AvgIpc) is 2.21. The van der Waals surface area contributed by atoms with Crippen molar-refractivity contribution in [3.63, 3.8) is 0 Å². The maximum absolute atomic E-state index is 11.0. The molecule has 0 amide bonds. The van der Waals surface area contributed by atoms with Crippen LogP contribution in [0.3, 0.4) is 0 Å². The van der Waals surface area contributed by atoms with Gasteiger partial charge in [-0.15, -0.1) is 0 Å². The molecule has 1 saturated carbocycles. The van der Waals surface area contributed by atoms with E-state index in [-0.39, 0.29) is 18.0 Å². The van der Waals surface area contributed by atoms with E-state index in [4.69, 9.17) is 4.74 Å². The summed E-state index contributed by atoms with van der Waals surface area (Å²) in [6.45, 7) is 0. The number of halogens is 1. The molecule has 2 aliphatic rings. The largest absolute Gasteiger partial charge is 0.461 e. The number of hydrogen-bond donors (Lipinski definition) is 0. The second-order valence-corrected chi connectivity index (χ2v) is 4.60. The van der Waals surface area contributed by atoms with E-state index in [1.807, 2.05) is 0 Å². The molecule has 0 aromatic heterocycles. The highest BCUT2D eigenvalue weighted by Gasteiger charge is 2.41. The van der Waals surface area contributed by atoms with Gasteiger partial charge in [0.1, 0.15) is 6.10 Å². The lowest BCUT2D eigenvalue weighted by atomic mass is 9.90. The van der Waals surface area contributed by atoms with Crippen LogP contribution in [0.15, 0.2) is 0 Å². The van der Waals surface area contributed by atoms with Crippen molar-refractivity contribution in [3.05, 3.63) is 0 Å². The molecule has 1 aliphatic heterocycles. The van der Waals surface area contributed by atoms with Gasteiger partial charge in [-0.05, 0) is 19.3 Å². The molecule has 0 spiro atoms. The summed E-state index contributed by atoms with van der Waals surface area (Å²) in [4.78, 5) is 11.0. The zero-order valence-electron chi connectivity index (χ0n) is 5.55. The number of hydrogen-bond acceptors (Lipinski definition) is 2. The molecule has 1 heterocycles. The van der Waals surface area contributed by atoms with Gasteiger partial charge in [-0.25, -0.2) is 0 Å². The van der Waals surface area contributed by atoms with Crippen molar-refractivity contribution in [1.29, 1.82) is 0 Å². The molecule has 2 fully saturated rings.